The number of anilines is 3. The first-order valence-electron chi connectivity index (χ1n) is 8.00. The van der Waals surface area contributed by atoms with E-state index in [-0.39, 0.29) is 5.91 Å². The average molecular weight is 368 g/mol. The van der Waals surface area contributed by atoms with Gasteiger partial charge in [-0.15, -0.1) is 0 Å². The summed E-state index contributed by atoms with van der Waals surface area (Å²) < 4.78 is 5.32. The second kappa shape index (κ2) is 7.89. The second-order valence-electron chi connectivity index (χ2n) is 5.67. The molecule has 0 atom stereocenters. The van der Waals surface area contributed by atoms with Gasteiger partial charge in [0.15, 0.2) is 0 Å². The Labute approximate surface area is 157 Å². The maximum atomic E-state index is 12.6. The molecule has 0 saturated heterocycles. The van der Waals surface area contributed by atoms with Crippen molar-refractivity contribution in [2.45, 2.75) is 6.92 Å². The molecule has 0 bridgehead atoms. The maximum absolute atomic E-state index is 12.6. The number of hydrogen-bond donors (Lipinski definition) is 2. The van der Waals surface area contributed by atoms with Crippen LogP contribution in [0.2, 0.25) is 5.02 Å². The quantitative estimate of drug-likeness (QED) is 0.662. The van der Waals surface area contributed by atoms with Gasteiger partial charge in [0.2, 0.25) is 0 Å². The first-order valence-corrected chi connectivity index (χ1v) is 8.38. The summed E-state index contributed by atoms with van der Waals surface area (Å²) in [4.78, 5) is 16.8. The third kappa shape index (κ3) is 4.13. The van der Waals surface area contributed by atoms with Gasteiger partial charge in [0.05, 0.1) is 12.8 Å². The summed E-state index contributed by atoms with van der Waals surface area (Å²) in [6.07, 6.45) is 1.58. The van der Waals surface area contributed by atoms with E-state index in [0.29, 0.717) is 27.8 Å². The van der Waals surface area contributed by atoms with Gasteiger partial charge >= 0.3 is 0 Å². The number of aromatic nitrogens is 1. The SMILES string of the molecule is COc1ccccc1Nc1cc(C(=O)Nc2cc(Cl)ccc2C)ccn1. The van der Waals surface area contributed by atoms with Crippen molar-refractivity contribution < 1.29 is 9.53 Å². The smallest absolute Gasteiger partial charge is 0.255 e. The molecule has 1 heterocycles. The molecule has 0 saturated carbocycles. The standard InChI is InChI=1S/C20H18ClN3O2/c1-13-7-8-15(21)12-17(13)24-20(25)14-9-10-22-19(11-14)23-16-5-3-4-6-18(16)26-2/h3-12H,1-2H3,(H,22,23)(H,24,25). The molecule has 3 aromatic rings. The second-order valence-corrected chi connectivity index (χ2v) is 6.10. The molecule has 0 unspecified atom stereocenters. The highest BCUT2D eigenvalue weighted by atomic mass is 35.5. The van der Waals surface area contributed by atoms with Crippen LogP contribution in [0.5, 0.6) is 5.75 Å². The van der Waals surface area contributed by atoms with Crippen LogP contribution >= 0.6 is 11.6 Å². The van der Waals surface area contributed by atoms with E-state index in [2.05, 4.69) is 15.6 Å². The fourth-order valence-electron chi connectivity index (χ4n) is 2.45. The fourth-order valence-corrected chi connectivity index (χ4v) is 2.62. The average Bonchev–Trinajstić information content (AvgIpc) is 2.65. The van der Waals surface area contributed by atoms with E-state index < -0.39 is 0 Å². The van der Waals surface area contributed by atoms with Crippen LogP contribution in [0.25, 0.3) is 0 Å². The van der Waals surface area contributed by atoms with Gasteiger partial charge in [-0.25, -0.2) is 4.98 Å². The van der Waals surface area contributed by atoms with Crippen LogP contribution in [0.15, 0.2) is 60.8 Å². The summed E-state index contributed by atoms with van der Waals surface area (Å²) in [5, 5.41) is 6.61. The van der Waals surface area contributed by atoms with Crippen LogP contribution in [0.1, 0.15) is 15.9 Å². The molecular formula is C20H18ClN3O2. The van der Waals surface area contributed by atoms with Gasteiger partial charge < -0.3 is 15.4 Å². The monoisotopic (exact) mass is 367 g/mol. The molecule has 26 heavy (non-hydrogen) atoms. The number of pyridine rings is 1. The highest BCUT2D eigenvalue weighted by molar-refractivity contribution is 6.31. The first kappa shape index (κ1) is 17.8. The number of amides is 1. The number of para-hydroxylation sites is 2. The molecule has 132 valence electrons. The third-order valence-electron chi connectivity index (χ3n) is 3.84. The molecule has 2 aromatic carbocycles. The van der Waals surface area contributed by atoms with Gasteiger partial charge in [0, 0.05) is 22.5 Å². The van der Waals surface area contributed by atoms with Crippen molar-refractivity contribution in [3.8, 4) is 5.75 Å². The van der Waals surface area contributed by atoms with Crippen molar-refractivity contribution in [2.24, 2.45) is 0 Å². The summed E-state index contributed by atoms with van der Waals surface area (Å²) in [5.41, 5.74) is 2.87. The molecule has 0 aliphatic rings. The largest absolute Gasteiger partial charge is 0.495 e. The minimum absolute atomic E-state index is 0.235. The van der Waals surface area contributed by atoms with Crippen LogP contribution < -0.4 is 15.4 Å². The summed E-state index contributed by atoms with van der Waals surface area (Å²) in [5.74, 6) is 1.00. The number of nitrogens with one attached hydrogen (secondary N) is 2. The van der Waals surface area contributed by atoms with E-state index in [9.17, 15) is 4.79 Å². The number of hydrogen-bond acceptors (Lipinski definition) is 4. The van der Waals surface area contributed by atoms with Crippen LogP contribution in [0.4, 0.5) is 17.2 Å². The van der Waals surface area contributed by atoms with E-state index in [4.69, 9.17) is 16.3 Å². The molecule has 1 aromatic heterocycles. The van der Waals surface area contributed by atoms with Crippen LogP contribution in [0, 0.1) is 6.92 Å². The van der Waals surface area contributed by atoms with E-state index in [1.54, 1.807) is 37.6 Å². The topological polar surface area (TPSA) is 63.2 Å². The Morgan fingerprint density at radius 2 is 1.88 bits per heavy atom. The number of rotatable bonds is 5. The molecule has 0 aliphatic heterocycles. The molecule has 0 spiro atoms. The van der Waals surface area contributed by atoms with Crippen molar-refractivity contribution in [1.82, 2.24) is 4.98 Å². The molecule has 5 nitrogen and oxygen atoms in total. The normalized spacial score (nSPS) is 10.3. The first-order chi connectivity index (χ1) is 12.6. The number of methoxy groups -OCH3 is 1. The number of aryl methyl sites for hydroxylation is 1. The van der Waals surface area contributed by atoms with Gasteiger partial charge in [-0.05, 0) is 48.9 Å². The molecule has 3 rings (SSSR count). The molecule has 0 fully saturated rings. The van der Waals surface area contributed by atoms with Gasteiger partial charge in [-0.3, -0.25) is 4.79 Å². The fraction of sp³-hybridized carbons (Fsp3) is 0.100. The lowest BCUT2D eigenvalue weighted by atomic mass is 10.2. The predicted octanol–water partition coefficient (Wildman–Crippen LogP) is 5.05. The van der Waals surface area contributed by atoms with Gasteiger partial charge in [0.25, 0.3) is 5.91 Å². The third-order valence-corrected chi connectivity index (χ3v) is 4.07. The van der Waals surface area contributed by atoms with Crippen LogP contribution in [-0.4, -0.2) is 18.0 Å². The summed E-state index contributed by atoms with van der Waals surface area (Å²) in [6.45, 7) is 1.91. The number of halogens is 1. The van der Waals surface area contributed by atoms with Crippen LogP contribution in [-0.2, 0) is 0 Å². The zero-order valence-corrected chi connectivity index (χ0v) is 15.2. The maximum Gasteiger partial charge on any atom is 0.255 e. The molecule has 0 radical (unpaired) electrons. The van der Waals surface area contributed by atoms with Gasteiger partial charge in [0.1, 0.15) is 11.6 Å². The predicted molar refractivity (Wildman–Crippen MR) is 105 cm³/mol. The van der Waals surface area contributed by atoms with Crippen LogP contribution in [0.3, 0.4) is 0 Å². The van der Waals surface area contributed by atoms with Crippen molar-refractivity contribution >= 4 is 34.7 Å². The Hall–Kier alpha value is -3.05. The van der Waals surface area contributed by atoms with Crippen molar-refractivity contribution in [2.75, 3.05) is 17.7 Å². The van der Waals surface area contributed by atoms with Crippen molar-refractivity contribution in [1.29, 1.82) is 0 Å². The Morgan fingerprint density at radius 1 is 1.08 bits per heavy atom. The Balaban J connectivity index is 1.80. The molecule has 0 aliphatic carbocycles. The van der Waals surface area contributed by atoms with Gasteiger partial charge in [-0.1, -0.05) is 29.8 Å². The summed E-state index contributed by atoms with van der Waals surface area (Å²) in [6, 6.07) is 16.2. The highest BCUT2D eigenvalue weighted by Gasteiger charge is 2.10. The van der Waals surface area contributed by atoms with E-state index in [1.807, 2.05) is 37.3 Å². The van der Waals surface area contributed by atoms with E-state index in [0.717, 1.165) is 11.3 Å². The minimum Gasteiger partial charge on any atom is -0.495 e. The lowest BCUT2D eigenvalue weighted by Gasteiger charge is -2.12. The zero-order chi connectivity index (χ0) is 18.5. The highest BCUT2D eigenvalue weighted by Crippen LogP contribution is 2.26. The van der Waals surface area contributed by atoms with Crippen molar-refractivity contribution in [3.05, 3.63) is 76.9 Å². The molecule has 2 N–H and O–H groups in total. The Bertz CT molecular complexity index is 944. The number of ether oxygens (including phenoxy) is 1. The Kier molecular flexibility index (Phi) is 5.39. The minimum atomic E-state index is -0.235. The number of carbonyl (C=O) groups is 1. The molecule has 1 amide bonds. The van der Waals surface area contributed by atoms with Crippen molar-refractivity contribution in [3.63, 3.8) is 0 Å². The lowest BCUT2D eigenvalue weighted by Crippen LogP contribution is -2.13. The Morgan fingerprint density at radius 3 is 2.69 bits per heavy atom. The lowest BCUT2D eigenvalue weighted by molar-refractivity contribution is 0.102. The van der Waals surface area contributed by atoms with Gasteiger partial charge in [-0.2, -0.15) is 0 Å². The van der Waals surface area contributed by atoms with E-state index in [1.165, 1.54) is 0 Å². The number of carbonyl (C=O) groups excluding carboxylic acids is 1. The number of nitrogens with zero attached hydrogens (tertiary/aromatic N) is 1. The summed E-state index contributed by atoms with van der Waals surface area (Å²) in [7, 11) is 1.60. The molecule has 6 heteroatoms. The number of benzene rings is 2. The zero-order valence-electron chi connectivity index (χ0n) is 14.4. The van der Waals surface area contributed by atoms with E-state index >= 15 is 0 Å². The molecular weight excluding hydrogens is 350 g/mol. The summed E-state index contributed by atoms with van der Waals surface area (Å²) >= 11 is 6.01.